The fourth-order valence-corrected chi connectivity index (χ4v) is 3.93. The molecule has 0 unspecified atom stereocenters. The van der Waals surface area contributed by atoms with Gasteiger partial charge in [-0.15, -0.1) is 0 Å². The van der Waals surface area contributed by atoms with Gasteiger partial charge in [-0.3, -0.25) is 9.48 Å². The highest BCUT2D eigenvalue weighted by molar-refractivity contribution is 7.98. The van der Waals surface area contributed by atoms with E-state index in [-0.39, 0.29) is 5.41 Å². The predicted molar refractivity (Wildman–Crippen MR) is 77.7 cm³/mol. The van der Waals surface area contributed by atoms with Gasteiger partial charge in [-0.05, 0) is 37.9 Å². The number of aromatic nitrogens is 2. The van der Waals surface area contributed by atoms with Gasteiger partial charge < -0.3 is 5.11 Å². The maximum Gasteiger partial charge on any atom is 0.303 e. The van der Waals surface area contributed by atoms with Crippen LogP contribution < -0.4 is 0 Å². The Morgan fingerprint density at radius 1 is 1.58 bits per heavy atom. The third-order valence-electron chi connectivity index (χ3n) is 3.58. The number of halogens is 1. The number of nitrogens with zero attached hydrogens (tertiary/aromatic N) is 2. The molecule has 0 atom stereocenters. The molecule has 106 valence electrons. The van der Waals surface area contributed by atoms with Crippen LogP contribution in [0.1, 0.15) is 37.6 Å². The standard InChI is InChI=1S/C13H19ClN2O2S/c1-3-16-10(12(14)9(2)15-16)7-19-8-13(4-5-13)6-11(17)18/h3-8H2,1-2H3,(H,17,18). The molecule has 1 N–H and O–H groups in total. The van der Waals surface area contributed by atoms with Crippen LogP contribution in [0.3, 0.4) is 0 Å². The lowest BCUT2D eigenvalue weighted by molar-refractivity contribution is -0.138. The van der Waals surface area contributed by atoms with Gasteiger partial charge in [0.25, 0.3) is 0 Å². The Morgan fingerprint density at radius 2 is 2.26 bits per heavy atom. The summed E-state index contributed by atoms with van der Waals surface area (Å²) in [6.45, 7) is 4.77. The fraction of sp³-hybridized carbons (Fsp3) is 0.692. The van der Waals surface area contributed by atoms with E-state index >= 15 is 0 Å². The van der Waals surface area contributed by atoms with Crippen molar-refractivity contribution in [3.8, 4) is 0 Å². The van der Waals surface area contributed by atoms with Gasteiger partial charge >= 0.3 is 5.97 Å². The largest absolute Gasteiger partial charge is 0.481 e. The van der Waals surface area contributed by atoms with Gasteiger partial charge in [0, 0.05) is 12.3 Å². The zero-order valence-electron chi connectivity index (χ0n) is 11.3. The third kappa shape index (κ3) is 3.45. The molecule has 0 aromatic carbocycles. The van der Waals surface area contributed by atoms with Crippen LogP contribution in [0.2, 0.25) is 5.02 Å². The molecular weight excluding hydrogens is 284 g/mol. The molecule has 1 aromatic rings. The van der Waals surface area contributed by atoms with Gasteiger partial charge in [0.2, 0.25) is 0 Å². The van der Waals surface area contributed by atoms with Crippen molar-refractivity contribution < 1.29 is 9.90 Å². The van der Waals surface area contributed by atoms with Gasteiger partial charge in [0.1, 0.15) is 0 Å². The maximum absolute atomic E-state index is 10.8. The van der Waals surface area contributed by atoms with Crippen LogP contribution in [-0.2, 0) is 17.1 Å². The van der Waals surface area contributed by atoms with E-state index in [2.05, 4.69) is 5.10 Å². The topological polar surface area (TPSA) is 55.1 Å². The first-order valence-corrected chi connectivity index (χ1v) is 8.02. The second kappa shape index (κ2) is 5.75. The molecule has 19 heavy (non-hydrogen) atoms. The van der Waals surface area contributed by atoms with Crippen LogP contribution in [-0.4, -0.2) is 26.6 Å². The zero-order chi connectivity index (χ0) is 14.0. The van der Waals surface area contributed by atoms with Crippen molar-refractivity contribution in [1.29, 1.82) is 0 Å². The van der Waals surface area contributed by atoms with Crippen LogP contribution in [0.15, 0.2) is 0 Å². The van der Waals surface area contributed by atoms with E-state index in [9.17, 15) is 4.79 Å². The Kier molecular flexibility index (Phi) is 4.46. The summed E-state index contributed by atoms with van der Waals surface area (Å²) in [4.78, 5) is 10.8. The summed E-state index contributed by atoms with van der Waals surface area (Å²) in [7, 11) is 0. The SMILES string of the molecule is CCn1nc(C)c(Cl)c1CSCC1(CC(=O)O)CC1. The molecule has 1 aliphatic rings. The monoisotopic (exact) mass is 302 g/mol. The molecule has 2 rings (SSSR count). The van der Waals surface area contributed by atoms with Crippen LogP contribution in [0.25, 0.3) is 0 Å². The minimum absolute atomic E-state index is 0.0368. The molecular formula is C13H19ClN2O2S. The minimum atomic E-state index is -0.689. The molecule has 4 nitrogen and oxygen atoms in total. The molecule has 0 radical (unpaired) electrons. The molecule has 1 aliphatic carbocycles. The van der Waals surface area contributed by atoms with Gasteiger partial charge in [-0.25, -0.2) is 0 Å². The molecule has 0 spiro atoms. The summed E-state index contributed by atoms with van der Waals surface area (Å²) in [6.07, 6.45) is 2.36. The molecule has 1 fully saturated rings. The van der Waals surface area contributed by atoms with Crippen LogP contribution in [0.4, 0.5) is 0 Å². The van der Waals surface area contributed by atoms with E-state index in [1.54, 1.807) is 11.8 Å². The predicted octanol–water partition coefficient (Wildman–Crippen LogP) is 3.35. The Hall–Kier alpha value is -0.680. The number of rotatable bonds is 7. The lowest BCUT2D eigenvalue weighted by Crippen LogP contribution is -2.11. The van der Waals surface area contributed by atoms with Crippen molar-refractivity contribution in [2.75, 3.05) is 5.75 Å². The number of carboxylic acids is 1. The lowest BCUT2D eigenvalue weighted by Gasteiger charge is -2.12. The molecule has 0 amide bonds. The van der Waals surface area contributed by atoms with E-state index in [4.69, 9.17) is 16.7 Å². The molecule has 0 aliphatic heterocycles. The van der Waals surface area contributed by atoms with Gasteiger partial charge in [-0.2, -0.15) is 16.9 Å². The average molecular weight is 303 g/mol. The number of aryl methyl sites for hydroxylation is 2. The number of thioether (sulfide) groups is 1. The van der Waals surface area contributed by atoms with Crippen molar-refractivity contribution in [1.82, 2.24) is 9.78 Å². The average Bonchev–Trinajstić information content (AvgIpc) is 3.04. The third-order valence-corrected chi connectivity index (χ3v) is 5.37. The number of hydrogen-bond acceptors (Lipinski definition) is 3. The number of carbonyl (C=O) groups is 1. The summed E-state index contributed by atoms with van der Waals surface area (Å²) >= 11 is 8.02. The lowest BCUT2D eigenvalue weighted by atomic mass is 10.1. The van der Waals surface area contributed by atoms with E-state index in [0.29, 0.717) is 6.42 Å². The Morgan fingerprint density at radius 3 is 2.79 bits per heavy atom. The van der Waals surface area contributed by atoms with Crippen molar-refractivity contribution >= 4 is 29.3 Å². The second-order valence-electron chi connectivity index (χ2n) is 5.23. The summed E-state index contributed by atoms with van der Waals surface area (Å²) in [6, 6.07) is 0. The van der Waals surface area contributed by atoms with Gasteiger partial charge in [0.15, 0.2) is 0 Å². The number of carboxylic acid groups (broad SMARTS) is 1. The number of hydrogen-bond donors (Lipinski definition) is 1. The first-order chi connectivity index (χ1) is 8.97. The van der Waals surface area contributed by atoms with Crippen LogP contribution in [0, 0.1) is 12.3 Å². The summed E-state index contributed by atoms with van der Waals surface area (Å²) in [5.41, 5.74) is 1.96. The zero-order valence-corrected chi connectivity index (χ0v) is 12.9. The van der Waals surface area contributed by atoms with Crippen molar-refractivity contribution in [2.45, 2.75) is 45.4 Å². The molecule has 1 heterocycles. The quantitative estimate of drug-likeness (QED) is 0.839. The van der Waals surface area contributed by atoms with E-state index < -0.39 is 5.97 Å². The van der Waals surface area contributed by atoms with Crippen LogP contribution in [0.5, 0.6) is 0 Å². The highest BCUT2D eigenvalue weighted by atomic mass is 35.5. The second-order valence-corrected chi connectivity index (χ2v) is 6.59. The Labute approximate surface area is 122 Å². The molecule has 1 saturated carbocycles. The highest BCUT2D eigenvalue weighted by Crippen LogP contribution is 2.51. The smallest absolute Gasteiger partial charge is 0.303 e. The molecule has 6 heteroatoms. The first kappa shape index (κ1) is 14.7. The van der Waals surface area contributed by atoms with Gasteiger partial charge in [-0.1, -0.05) is 11.6 Å². The van der Waals surface area contributed by atoms with Gasteiger partial charge in [0.05, 0.1) is 22.8 Å². The normalized spacial score (nSPS) is 16.6. The van der Waals surface area contributed by atoms with E-state index in [1.807, 2.05) is 18.5 Å². The Balaban J connectivity index is 1.91. The van der Waals surface area contributed by atoms with Crippen molar-refractivity contribution in [3.05, 3.63) is 16.4 Å². The maximum atomic E-state index is 10.8. The molecule has 1 aromatic heterocycles. The highest BCUT2D eigenvalue weighted by Gasteiger charge is 2.44. The first-order valence-electron chi connectivity index (χ1n) is 6.49. The van der Waals surface area contributed by atoms with E-state index in [1.165, 1.54) is 0 Å². The Bertz CT molecular complexity index is 483. The summed E-state index contributed by atoms with van der Waals surface area (Å²) in [5, 5.41) is 14.0. The van der Waals surface area contributed by atoms with Crippen molar-refractivity contribution in [3.63, 3.8) is 0 Å². The summed E-state index contributed by atoms with van der Waals surface area (Å²) < 4.78 is 1.93. The van der Waals surface area contributed by atoms with Crippen LogP contribution >= 0.6 is 23.4 Å². The fourth-order valence-electron chi connectivity index (χ4n) is 2.24. The van der Waals surface area contributed by atoms with E-state index in [0.717, 1.165) is 47.3 Å². The molecule has 0 bridgehead atoms. The summed E-state index contributed by atoms with van der Waals surface area (Å²) in [5.74, 6) is 1.00. The van der Waals surface area contributed by atoms with Crippen molar-refractivity contribution in [2.24, 2.45) is 5.41 Å². The number of aliphatic carboxylic acids is 1. The molecule has 0 saturated heterocycles. The minimum Gasteiger partial charge on any atom is -0.481 e.